The minimum absolute atomic E-state index is 0.157. The topological polar surface area (TPSA) is 73.6 Å². The molecule has 0 radical (unpaired) electrons. The van der Waals surface area contributed by atoms with Crippen LogP contribution >= 0.6 is 0 Å². The number of esters is 1. The predicted octanol–water partition coefficient (Wildman–Crippen LogP) is 5.68. The van der Waals surface area contributed by atoms with Crippen LogP contribution in [0, 0.1) is 13.8 Å². The van der Waals surface area contributed by atoms with Gasteiger partial charge in [0.1, 0.15) is 11.5 Å². The SMILES string of the molecule is CCOC(=O)CCc1ccc(OCCc2nc(-c3ccc(C)c(NC)c3)oc2C)cc1CC. The highest BCUT2D eigenvalue weighted by atomic mass is 16.5. The highest BCUT2D eigenvalue weighted by Crippen LogP contribution is 2.27. The van der Waals surface area contributed by atoms with Crippen LogP contribution in [0.4, 0.5) is 5.69 Å². The second-order valence-corrected chi connectivity index (χ2v) is 7.99. The molecular weight excluding hydrogens is 416 g/mol. The Bertz CT molecular complexity index is 1090. The maximum Gasteiger partial charge on any atom is 0.306 e. The van der Waals surface area contributed by atoms with Crippen molar-refractivity contribution in [1.82, 2.24) is 4.98 Å². The second kappa shape index (κ2) is 11.5. The number of anilines is 1. The van der Waals surface area contributed by atoms with Crippen molar-refractivity contribution in [1.29, 1.82) is 0 Å². The molecular formula is C27H34N2O4. The number of ether oxygens (including phenoxy) is 2. The van der Waals surface area contributed by atoms with E-state index in [1.54, 1.807) is 0 Å². The van der Waals surface area contributed by atoms with E-state index in [-0.39, 0.29) is 5.97 Å². The minimum atomic E-state index is -0.157. The van der Waals surface area contributed by atoms with Gasteiger partial charge in [0.05, 0.1) is 18.9 Å². The van der Waals surface area contributed by atoms with Gasteiger partial charge < -0.3 is 19.2 Å². The summed E-state index contributed by atoms with van der Waals surface area (Å²) in [7, 11) is 1.91. The number of carbonyl (C=O) groups is 1. The summed E-state index contributed by atoms with van der Waals surface area (Å²) >= 11 is 0. The van der Waals surface area contributed by atoms with Crippen LogP contribution in [0.1, 0.15) is 48.4 Å². The first kappa shape index (κ1) is 24.4. The van der Waals surface area contributed by atoms with Crippen LogP contribution in [0.5, 0.6) is 5.75 Å². The van der Waals surface area contributed by atoms with E-state index in [0.29, 0.717) is 38.4 Å². The Morgan fingerprint density at radius 1 is 1.06 bits per heavy atom. The van der Waals surface area contributed by atoms with Gasteiger partial charge in [0.25, 0.3) is 0 Å². The molecule has 0 aliphatic carbocycles. The number of nitrogens with zero attached hydrogens (tertiary/aromatic N) is 1. The van der Waals surface area contributed by atoms with Crippen molar-refractivity contribution in [2.75, 3.05) is 25.6 Å². The fourth-order valence-electron chi connectivity index (χ4n) is 3.81. The lowest BCUT2D eigenvalue weighted by molar-refractivity contribution is -0.143. The van der Waals surface area contributed by atoms with Gasteiger partial charge in [-0.25, -0.2) is 4.98 Å². The van der Waals surface area contributed by atoms with E-state index in [2.05, 4.69) is 37.4 Å². The van der Waals surface area contributed by atoms with Crippen LogP contribution in [0.3, 0.4) is 0 Å². The summed E-state index contributed by atoms with van der Waals surface area (Å²) in [6, 6.07) is 12.2. The van der Waals surface area contributed by atoms with Gasteiger partial charge in [-0.3, -0.25) is 4.79 Å². The first-order chi connectivity index (χ1) is 15.9. The zero-order valence-electron chi connectivity index (χ0n) is 20.3. The molecule has 0 atom stereocenters. The van der Waals surface area contributed by atoms with E-state index in [0.717, 1.165) is 40.4 Å². The fraction of sp³-hybridized carbons (Fsp3) is 0.407. The Labute approximate surface area is 196 Å². The van der Waals surface area contributed by atoms with Crippen molar-refractivity contribution < 1.29 is 18.7 Å². The smallest absolute Gasteiger partial charge is 0.306 e. The lowest BCUT2D eigenvalue weighted by Gasteiger charge is -2.11. The molecule has 0 aliphatic rings. The minimum Gasteiger partial charge on any atom is -0.493 e. The molecule has 3 rings (SSSR count). The number of carbonyl (C=O) groups excluding carboxylic acids is 1. The summed E-state index contributed by atoms with van der Waals surface area (Å²) in [5, 5.41) is 3.20. The average molecular weight is 451 g/mol. The molecule has 6 nitrogen and oxygen atoms in total. The van der Waals surface area contributed by atoms with Gasteiger partial charge in [0.2, 0.25) is 5.89 Å². The summed E-state index contributed by atoms with van der Waals surface area (Å²) in [5.41, 5.74) is 6.44. The van der Waals surface area contributed by atoms with Crippen LogP contribution in [0.2, 0.25) is 0 Å². The molecule has 3 aromatic rings. The molecule has 0 spiro atoms. The first-order valence-electron chi connectivity index (χ1n) is 11.6. The molecule has 6 heteroatoms. The van der Waals surface area contributed by atoms with E-state index in [1.165, 1.54) is 11.1 Å². The zero-order valence-corrected chi connectivity index (χ0v) is 20.3. The monoisotopic (exact) mass is 450 g/mol. The van der Waals surface area contributed by atoms with Crippen molar-refractivity contribution >= 4 is 11.7 Å². The predicted molar refractivity (Wildman–Crippen MR) is 131 cm³/mol. The summed E-state index contributed by atoms with van der Waals surface area (Å²) in [5.74, 6) is 2.10. The van der Waals surface area contributed by atoms with E-state index in [1.807, 2.05) is 39.1 Å². The molecule has 1 N–H and O–H groups in total. The van der Waals surface area contributed by atoms with Crippen molar-refractivity contribution in [2.24, 2.45) is 0 Å². The number of aromatic nitrogens is 1. The van der Waals surface area contributed by atoms with Gasteiger partial charge in [-0.2, -0.15) is 0 Å². The van der Waals surface area contributed by atoms with Gasteiger partial charge in [-0.15, -0.1) is 0 Å². The van der Waals surface area contributed by atoms with Crippen LogP contribution < -0.4 is 10.1 Å². The lowest BCUT2D eigenvalue weighted by Crippen LogP contribution is -2.07. The summed E-state index contributed by atoms with van der Waals surface area (Å²) < 4.78 is 17.0. The van der Waals surface area contributed by atoms with E-state index in [4.69, 9.17) is 18.9 Å². The molecule has 0 fully saturated rings. The molecule has 0 saturated carbocycles. The fourth-order valence-corrected chi connectivity index (χ4v) is 3.81. The Hall–Kier alpha value is -3.28. The largest absolute Gasteiger partial charge is 0.493 e. The van der Waals surface area contributed by atoms with E-state index >= 15 is 0 Å². The van der Waals surface area contributed by atoms with Crippen LogP contribution in [-0.4, -0.2) is 31.2 Å². The third-order valence-corrected chi connectivity index (χ3v) is 5.72. The third-order valence-electron chi connectivity index (χ3n) is 5.72. The van der Waals surface area contributed by atoms with Crippen LogP contribution in [0.15, 0.2) is 40.8 Å². The molecule has 33 heavy (non-hydrogen) atoms. The maximum absolute atomic E-state index is 11.7. The number of oxazole rings is 1. The lowest BCUT2D eigenvalue weighted by atomic mass is 10.0. The first-order valence-corrected chi connectivity index (χ1v) is 11.6. The van der Waals surface area contributed by atoms with Gasteiger partial charge >= 0.3 is 5.97 Å². The molecule has 1 aromatic heterocycles. The molecule has 0 amide bonds. The number of benzene rings is 2. The number of hydrogen-bond acceptors (Lipinski definition) is 6. The number of nitrogens with one attached hydrogen (secondary N) is 1. The standard InChI is InChI=1S/C27H34N2O4/c1-6-20-16-23(12-10-21(20)11-13-26(30)31-7-2)32-15-14-24-19(4)33-27(29-24)22-9-8-18(3)25(17-22)28-5/h8-10,12,16-17,28H,6-7,11,13-15H2,1-5H3. The quantitative estimate of drug-likeness (QED) is 0.379. The van der Waals surface area contributed by atoms with Crippen LogP contribution in [-0.2, 0) is 28.8 Å². The molecule has 0 aliphatic heterocycles. The normalized spacial score (nSPS) is 10.8. The molecule has 0 bridgehead atoms. The number of hydrogen-bond donors (Lipinski definition) is 1. The third kappa shape index (κ3) is 6.37. The summed E-state index contributed by atoms with van der Waals surface area (Å²) in [6.07, 6.45) is 2.61. The van der Waals surface area contributed by atoms with Crippen molar-refractivity contribution in [3.63, 3.8) is 0 Å². The Balaban J connectivity index is 1.60. The number of aryl methyl sites for hydroxylation is 4. The Kier molecular flexibility index (Phi) is 8.52. The van der Waals surface area contributed by atoms with Crippen molar-refractivity contribution in [2.45, 2.75) is 53.4 Å². The second-order valence-electron chi connectivity index (χ2n) is 7.99. The zero-order chi connectivity index (χ0) is 23.8. The molecule has 0 saturated heterocycles. The Morgan fingerprint density at radius 3 is 2.61 bits per heavy atom. The molecule has 1 heterocycles. The van der Waals surface area contributed by atoms with E-state index in [9.17, 15) is 4.79 Å². The maximum atomic E-state index is 11.7. The molecule has 176 valence electrons. The highest BCUT2D eigenvalue weighted by molar-refractivity contribution is 5.69. The number of rotatable bonds is 11. The van der Waals surface area contributed by atoms with Gasteiger partial charge in [0, 0.05) is 31.1 Å². The van der Waals surface area contributed by atoms with Gasteiger partial charge in [-0.1, -0.05) is 19.1 Å². The highest BCUT2D eigenvalue weighted by Gasteiger charge is 2.13. The van der Waals surface area contributed by atoms with Gasteiger partial charge in [-0.05, 0) is 74.6 Å². The average Bonchev–Trinajstić information content (AvgIpc) is 3.18. The summed E-state index contributed by atoms with van der Waals surface area (Å²) in [4.78, 5) is 16.4. The summed E-state index contributed by atoms with van der Waals surface area (Å²) in [6.45, 7) is 8.86. The molecule has 0 unspecified atom stereocenters. The Morgan fingerprint density at radius 2 is 1.88 bits per heavy atom. The van der Waals surface area contributed by atoms with Crippen molar-refractivity contribution in [3.05, 3.63) is 64.5 Å². The van der Waals surface area contributed by atoms with Crippen molar-refractivity contribution in [3.8, 4) is 17.2 Å². The van der Waals surface area contributed by atoms with Crippen LogP contribution in [0.25, 0.3) is 11.5 Å². The van der Waals surface area contributed by atoms with Gasteiger partial charge in [0.15, 0.2) is 0 Å². The van der Waals surface area contributed by atoms with E-state index < -0.39 is 0 Å². The molecule has 2 aromatic carbocycles.